The van der Waals surface area contributed by atoms with Crippen LogP contribution >= 0.6 is 39.0 Å². The molecule has 0 radical (unpaired) electrons. The number of hydrogen-bond acceptors (Lipinski definition) is 5. The van der Waals surface area contributed by atoms with Crippen molar-refractivity contribution in [2.45, 2.75) is 10.8 Å². The lowest BCUT2D eigenvalue weighted by molar-refractivity contribution is -0.136. The zero-order valence-corrected chi connectivity index (χ0v) is 13.6. The fourth-order valence-electron chi connectivity index (χ4n) is 1.41. The first-order valence-corrected chi connectivity index (χ1v) is 8.46. The van der Waals surface area contributed by atoms with Crippen molar-refractivity contribution in [2.75, 3.05) is 12.4 Å². The smallest absolute Gasteiger partial charge is 0.309 e. The normalized spacial score (nSPS) is 10.4. The van der Waals surface area contributed by atoms with Gasteiger partial charge in [-0.2, -0.15) is 0 Å². The van der Waals surface area contributed by atoms with Gasteiger partial charge in [0.15, 0.2) is 0 Å². The average molecular weight is 374 g/mol. The first kappa shape index (κ1) is 15.3. The summed E-state index contributed by atoms with van der Waals surface area (Å²) < 4.78 is 7.49. The lowest BCUT2D eigenvalue weighted by atomic mass is 10.3. The summed E-state index contributed by atoms with van der Waals surface area (Å²) in [5.41, 5.74) is 0.610. The number of carboxylic acid groups (broad SMARTS) is 1. The van der Waals surface area contributed by atoms with Crippen molar-refractivity contribution in [3.8, 4) is 5.75 Å². The summed E-state index contributed by atoms with van der Waals surface area (Å²) in [6.07, 6.45) is -0.0214. The number of rotatable bonds is 7. The quantitative estimate of drug-likeness (QED) is 0.592. The van der Waals surface area contributed by atoms with E-state index < -0.39 is 5.97 Å². The SMILES string of the molecule is O=C(O)Cc1csc(SCCOc2ccc(Br)cc2)n1. The van der Waals surface area contributed by atoms with Gasteiger partial charge in [-0.25, -0.2) is 4.98 Å². The average Bonchev–Trinajstić information content (AvgIpc) is 2.83. The van der Waals surface area contributed by atoms with Crippen LogP contribution in [-0.2, 0) is 11.2 Å². The third-order valence-electron chi connectivity index (χ3n) is 2.25. The molecule has 0 atom stereocenters. The van der Waals surface area contributed by atoms with Crippen LogP contribution in [0.3, 0.4) is 0 Å². The van der Waals surface area contributed by atoms with Gasteiger partial charge in [-0.1, -0.05) is 27.7 Å². The molecular formula is C13H12BrNO3S2. The number of aromatic nitrogens is 1. The molecule has 4 nitrogen and oxygen atoms in total. The number of nitrogens with zero attached hydrogens (tertiary/aromatic N) is 1. The molecular weight excluding hydrogens is 362 g/mol. The molecule has 0 unspecified atom stereocenters. The minimum absolute atomic E-state index is 0.0214. The minimum atomic E-state index is -0.856. The van der Waals surface area contributed by atoms with Crippen molar-refractivity contribution >= 4 is 45.0 Å². The molecule has 1 aromatic heterocycles. The molecule has 2 aromatic rings. The van der Waals surface area contributed by atoms with Crippen LogP contribution in [-0.4, -0.2) is 28.4 Å². The van der Waals surface area contributed by atoms with Crippen LogP contribution in [0.5, 0.6) is 5.75 Å². The molecule has 0 saturated heterocycles. The maximum Gasteiger partial charge on any atom is 0.309 e. The highest BCUT2D eigenvalue weighted by Crippen LogP contribution is 2.23. The van der Waals surface area contributed by atoms with Gasteiger partial charge in [-0.05, 0) is 24.3 Å². The molecule has 0 bridgehead atoms. The van der Waals surface area contributed by atoms with Gasteiger partial charge < -0.3 is 9.84 Å². The van der Waals surface area contributed by atoms with Crippen molar-refractivity contribution in [3.05, 3.63) is 39.8 Å². The number of carboxylic acids is 1. The maximum absolute atomic E-state index is 10.6. The number of thiazole rings is 1. The molecule has 0 amide bonds. The molecule has 0 fully saturated rings. The highest BCUT2D eigenvalue weighted by atomic mass is 79.9. The summed E-state index contributed by atoms with van der Waals surface area (Å²) in [4.78, 5) is 14.8. The summed E-state index contributed by atoms with van der Waals surface area (Å²) in [5.74, 6) is 0.751. The third-order valence-corrected chi connectivity index (χ3v) is 4.82. The molecule has 1 aromatic carbocycles. The molecule has 0 saturated carbocycles. The lowest BCUT2D eigenvalue weighted by Crippen LogP contribution is -2.01. The number of carbonyl (C=O) groups is 1. The van der Waals surface area contributed by atoms with Crippen LogP contribution in [0.2, 0.25) is 0 Å². The van der Waals surface area contributed by atoms with Crippen LogP contribution in [0, 0.1) is 0 Å². The predicted molar refractivity (Wildman–Crippen MR) is 83.8 cm³/mol. The van der Waals surface area contributed by atoms with Gasteiger partial charge in [0.2, 0.25) is 0 Å². The number of ether oxygens (including phenoxy) is 1. The number of thioether (sulfide) groups is 1. The number of halogens is 1. The predicted octanol–water partition coefficient (Wildman–Crippen LogP) is 3.70. The van der Waals surface area contributed by atoms with E-state index in [1.807, 2.05) is 24.3 Å². The Morgan fingerprint density at radius 1 is 1.40 bits per heavy atom. The monoisotopic (exact) mass is 373 g/mol. The Balaban J connectivity index is 1.71. The Labute approximate surface area is 133 Å². The van der Waals surface area contributed by atoms with E-state index in [1.54, 1.807) is 17.1 Å². The Morgan fingerprint density at radius 3 is 2.85 bits per heavy atom. The van der Waals surface area contributed by atoms with Crippen LogP contribution in [0.1, 0.15) is 5.69 Å². The number of benzene rings is 1. The van der Waals surface area contributed by atoms with Crippen molar-refractivity contribution in [1.29, 1.82) is 0 Å². The minimum Gasteiger partial charge on any atom is -0.493 e. The third kappa shape index (κ3) is 5.15. The van der Waals surface area contributed by atoms with Crippen LogP contribution in [0.4, 0.5) is 0 Å². The zero-order chi connectivity index (χ0) is 14.4. The zero-order valence-electron chi connectivity index (χ0n) is 10.4. The summed E-state index contributed by atoms with van der Waals surface area (Å²) in [6, 6.07) is 7.68. The van der Waals surface area contributed by atoms with Gasteiger partial charge in [0.1, 0.15) is 10.1 Å². The Kier molecular flexibility index (Phi) is 5.87. The largest absolute Gasteiger partial charge is 0.493 e. The summed E-state index contributed by atoms with van der Waals surface area (Å²) in [6.45, 7) is 0.583. The Morgan fingerprint density at radius 2 is 2.15 bits per heavy atom. The summed E-state index contributed by atoms with van der Waals surface area (Å²) >= 11 is 6.41. The standard InChI is InChI=1S/C13H12BrNO3S2/c14-9-1-3-11(4-2-9)18-5-6-19-13-15-10(8-20-13)7-12(16)17/h1-4,8H,5-7H2,(H,16,17). The Bertz CT molecular complexity index is 571. The molecule has 106 valence electrons. The van der Waals surface area contributed by atoms with E-state index in [1.165, 1.54) is 11.3 Å². The van der Waals surface area contributed by atoms with E-state index in [2.05, 4.69) is 20.9 Å². The molecule has 7 heteroatoms. The van der Waals surface area contributed by atoms with Gasteiger partial charge in [-0.3, -0.25) is 4.79 Å². The van der Waals surface area contributed by atoms with Crippen molar-refractivity contribution in [1.82, 2.24) is 4.98 Å². The molecule has 1 N–H and O–H groups in total. The van der Waals surface area contributed by atoms with Gasteiger partial charge in [-0.15, -0.1) is 11.3 Å². The van der Waals surface area contributed by atoms with Crippen molar-refractivity contribution in [2.24, 2.45) is 0 Å². The van der Waals surface area contributed by atoms with Crippen LogP contribution < -0.4 is 4.74 Å². The highest BCUT2D eigenvalue weighted by molar-refractivity contribution is 9.10. The second-order valence-electron chi connectivity index (χ2n) is 3.83. The molecule has 0 spiro atoms. The summed E-state index contributed by atoms with van der Waals surface area (Å²) in [7, 11) is 0. The van der Waals surface area contributed by atoms with E-state index >= 15 is 0 Å². The van der Waals surface area contributed by atoms with Crippen molar-refractivity contribution in [3.63, 3.8) is 0 Å². The molecule has 0 aliphatic rings. The molecule has 0 aliphatic carbocycles. The topological polar surface area (TPSA) is 59.4 Å². The fraction of sp³-hybridized carbons (Fsp3) is 0.231. The van der Waals surface area contributed by atoms with Crippen molar-refractivity contribution < 1.29 is 14.6 Å². The van der Waals surface area contributed by atoms with E-state index in [4.69, 9.17) is 9.84 Å². The first-order valence-electron chi connectivity index (χ1n) is 5.81. The van der Waals surface area contributed by atoms with E-state index in [9.17, 15) is 4.79 Å². The molecule has 0 aliphatic heterocycles. The maximum atomic E-state index is 10.6. The van der Waals surface area contributed by atoms with Gasteiger partial charge in [0, 0.05) is 15.6 Å². The van der Waals surface area contributed by atoms with Crippen LogP contribution in [0.25, 0.3) is 0 Å². The second kappa shape index (κ2) is 7.66. The van der Waals surface area contributed by atoms with Gasteiger partial charge >= 0.3 is 5.97 Å². The second-order valence-corrected chi connectivity index (χ2v) is 6.94. The van der Waals surface area contributed by atoms with Crippen LogP contribution in [0.15, 0.2) is 38.5 Å². The molecule has 1 heterocycles. The van der Waals surface area contributed by atoms with Gasteiger partial charge in [0.05, 0.1) is 18.7 Å². The fourth-order valence-corrected chi connectivity index (χ4v) is 3.41. The highest BCUT2D eigenvalue weighted by Gasteiger charge is 2.06. The van der Waals surface area contributed by atoms with E-state index in [-0.39, 0.29) is 6.42 Å². The molecule has 2 rings (SSSR count). The number of aliphatic carboxylic acids is 1. The Hall–Kier alpha value is -1.05. The first-order chi connectivity index (χ1) is 9.63. The lowest BCUT2D eigenvalue weighted by Gasteiger charge is -2.04. The molecule has 20 heavy (non-hydrogen) atoms. The van der Waals surface area contributed by atoms with Gasteiger partial charge in [0.25, 0.3) is 0 Å². The van der Waals surface area contributed by atoms with E-state index in [0.29, 0.717) is 12.3 Å². The number of hydrogen-bond donors (Lipinski definition) is 1. The van der Waals surface area contributed by atoms with E-state index in [0.717, 1.165) is 20.3 Å². The summed E-state index contributed by atoms with van der Waals surface area (Å²) in [5, 5.41) is 10.5.